The molecule has 0 aliphatic rings. The molecule has 0 spiro atoms. The van der Waals surface area contributed by atoms with E-state index in [4.69, 9.17) is 0 Å². The average Bonchev–Trinajstić information content (AvgIpc) is 2.91. The highest BCUT2D eigenvalue weighted by Crippen LogP contribution is 2.18. The van der Waals surface area contributed by atoms with Crippen LogP contribution >= 0.6 is 11.3 Å². The first-order valence-corrected chi connectivity index (χ1v) is 8.07. The van der Waals surface area contributed by atoms with Gasteiger partial charge in [-0.05, 0) is 12.0 Å². The van der Waals surface area contributed by atoms with Crippen LogP contribution < -0.4 is 10.6 Å². The van der Waals surface area contributed by atoms with Crippen LogP contribution in [0.15, 0.2) is 24.3 Å². The summed E-state index contributed by atoms with van der Waals surface area (Å²) >= 11 is 1.31. The Balaban J connectivity index is 1.83. The minimum atomic E-state index is -1.12. The summed E-state index contributed by atoms with van der Waals surface area (Å²) in [5, 5.41) is 24.0. The summed E-state index contributed by atoms with van der Waals surface area (Å²) in [6, 6.07) is 5.38. The molecule has 0 aliphatic carbocycles. The van der Waals surface area contributed by atoms with E-state index in [9.17, 15) is 14.3 Å². The van der Waals surface area contributed by atoms with E-state index in [2.05, 4.69) is 34.7 Å². The number of nitrogens with zero attached hydrogens (tertiary/aromatic N) is 2. The Bertz CT molecular complexity index is 662. The molecule has 1 atom stereocenters. The maximum atomic E-state index is 13.5. The topological polar surface area (TPSA) is 87.1 Å². The van der Waals surface area contributed by atoms with Gasteiger partial charge in [0.2, 0.25) is 5.13 Å². The molecule has 0 saturated heterocycles. The molecule has 124 valence electrons. The molecule has 2 aromatic rings. The number of carbonyl (C=O) groups is 1. The van der Waals surface area contributed by atoms with Crippen molar-refractivity contribution in [2.24, 2.45) is 5.92 Å². The fourth-order valence-corrected chi connectivity index (χ4v) is 2.87. The van der Waals surface area contributed by atoms with E-state index < -0.39 is 18.0 Å². The second-order valence-corrected chi connectivity index (χ2v) is 6.53. The molecule has 0 fully saturated rings. The van der Waals surface area contributed by atoms with E-state index in [0.29, 0.717) is 11.0 Å². The van der Waals surface area contributed by atoms with Gasteiger partial charge in [0.05, 0.1) is 6.10 Å². The lowest BCUT2D eigenvalue weighted by Gasteiger charge is -2.12. The molecular weight excluding hydrogens is 319 g/mol. The highest BCUT2D eigenvalue weighted by molar-refractivity contribution is 7.15. The van der Waals surface area contributed by atoms with E-state index in [0.717, 1.165) is 11.4 Å². The van der Waals surface area contributed by atoms with Crippen LogP contribution in [-0.2, 0) is 6.42 Å². The van der Waals surface area contributed by atoms with Crippen molar-refractivity contribution in [2.45, 2.75) is 26.4 Å². The van der Waals surface area contributed by atoms with Crippen LogP contribution in [0.4, 0.5) is 14.3 Å². The minimum absolute atomic E-state index is 0.107. The maximum Gasteiger partial charge on any atom is 0.321 e. The molecule has 1 unspecified atom stereocenters. The minimum Gasteiger partial charge on any atom is -0.386 e. The molecular formula is C15H19FN4O2S. The molecule has 3 N–H and O–H groups in total. The number of hydrogen-bond donors (Lipinski definition) is 3. The summed E-state index contributed by atoms with van der Waals surface area (Å²) in [7, 11) is 0. The molecule has 0 radical (unpaired) electrons. The van der Waals surface area contributed by atoms with Gasteiger partial charge in [-0.15, -0.1) is 10.2 Å². The first-order chi connectivity index (χ1) is 11.0. The predicted molar refractivity (Wildman–Crippen MR) is 86.8 cm³/mol. The standard InChI is InChI=1S/C15H19FN4O2S/c1-9(2)7-13-19-20-15(23-13)18-14(22)17-8-12(21)10-5-3-4-6-11(10)16/h3-6,9,12,21H,7-8H2,1-2H3,(H2,17,18,20,22). The number of rotatable bonds is 6. The van der Waals surface area contributed by atoms with E-state index in [-0.39, 0.29) is 12.1 Å². The number of amides is 2. The Labute approximate surface area is 137 Å². The third-order valence-corrected chi connectivity index (χ3v) is 3.85. The van der Waals surface area contributed by atoms with E-state index >= 15 is 0 Å². The van der Waals surface area contributed by atoms with Crippen molar-refractivity contribution in [1.29, 1.82) is 0 Å². The van der Waals surface area contributed by atoms with Crippen LogP contribution in [-0.4, -0.2) is 27.9 Å². The monoisotopic (exact) mass is 338 g/mol. The maximum absolute atomic E-state index is 13.5. The summed E-state index contributed by atoms with van der Waals surface area (Å²) in [4.78, 5) is 11.8. The van der Waals surface area contributed by atoms with Crippen LogP contribution in [0, 0.1) is 11.7 Å². The van der Waals surface area contributed by atoms with Crippen LogP contribution in [0.1, 0.15) is 30.5 Å². The van der Waals surface area contributed by atoms with E-state index in [1.807, 2.05) is 0 Å². The smallest absolute Gasteiger partial charge is 0.321 e. The molecule has 1 heterocycles. The van der Waals surface area contributed by atoms with Gasteiger partial charge >= 0.3 is 6.03 Å². The Morgan fingerprint density at radius 1 is 1.35 bits per heavy atom. The van der Waals surface area contributed by atoms with Gasteiger partial charge in [0.25, 0.3) is 0 Å². The predicted octanol–water partition coefficient (Wildman–Crippen LogP) is 2.73. The highest BCUT2D eigenvalue weighted by Gasteiger charge is 2.14. The van der Waals surface area contributed by atoms with Crippen LogP contribution in [0.5, 0.6) is 0 Å². The number of anilines is 1. The number of halogens is 1. The molecule has 1 aromatic carbocycles. The summed E-state index contributed by atoms with van der Waals surface area (Å²) in [6.07, 6.45) is -0.319. The van der Waals surface area contributed by atoms with E-state index in [1.165, 1.54) is 29.5 Å². The third kappa shape index (κ3) is 5.26. The Kier molecular flexibility index (Phi) is 6.00. The quantitative estimate of drug-likeness (QED) is 0.756. The van der Waals surface area contributed by atoms with Gasteiger partial charge in [0.15, 0.2) is 0 Å². The lowest BCUT2D eigenvalue weighted by Crippen LogP contribution is -2.32. The zero-order valence-electron chi connectivity index (χ0n) is 12.9. The van der Waals surface area contributed by atoms with Crippen molar-refractivity contribution in [3.05, 3.63) is 40.7 Å². The molecule has 0 aliphatic heterocycles. The number of hydrogen-bond acceptors (Lipinski definition) is 5. The largest absolute Gasteiger partial charge is 0.386 e. The van der Waals surface area contributed by atoms with Gasteiger partial charge in [-0.1, -0.05) is 43.4 Å². The fourth-order valence-electron chi connectivity index (χ4n) is 1.92. The number of carbonyl (C=O) groups excluding carboxylic acids is 1. The normalized spacial score (nSPS) is 12.2. The van der Waals surface area contributed by atoms with Gasteiger partial charge in [-0.25, -0.2) is 9.18 Å². The summed E-state index contributed by atoms with van der Waals surface area (Å²) in [6.45, 7) is 4.04. The van der Waals surface area contributed by atoms with Crippen LogP contribution in [0.2, 0.25) is 0 Å². The van der Waals surface area contributed by atoms with Crippen molar-refractivity contribution in [1.82, 2.24) is 15.5 Å². The molecule has 1 aromatic heterocycles. The lowest BCUT2D eigenvalue weighted by molar-refractivity contribution is 0.170. The number of aliphatic hydroxyl groups excluding tert-OH is 1. The number of benzene rings is 1. The van der Waals surface area contributed by atoms with Gasteiger partial charge in [-0.2, -0.15) is 0 Å². The van der Waals surface area contributed by atoms with Crippen LogP contribution in [0.3, 0.4) is 0 Å². The van der Waals surface area contributed by atoms with Crippen molar-refractivity contribution in [3.63, 3.8) is 0 Å². The Morgan fingerprint density at radius 2 is 2.09 bits per heavy atom. The van der Waals surface area contributed by atoms with Crippen molar-refractivity contribution in [2.75, 3.05) is 11.9 Å². The molecule has 23 heavy (non-hydrogen) atoms. The number of aromatic nitrogens is 2. The summed E-state index contributed by atoms with van der Waals surface area (Å²) in [5.41, 5.74) is 0.142. The number of aliphatic hydroxyl groups is 1. The van der Waals surface area contributed by atoms with Gasteiger partial charge in [0.1, 0.15) is 10.8 Å². The zero-order valence-corrected chi connectivity index (χ0v) is 13.7. The fraction of sp³-hybridized carbons (Fsp3) is 0.400. The number of urea groups is 1. The molecule has 2 rings (SSSR count). The number of nitrogens with one attached hydrogen (secondary N) is 2. The molecule has 0 bridgehead atoms. The van der Waals surface area contributed by atoms with Crippen molar-refractivity contribution in [3.8, 4) is 0 Å². The van der Waals surface area contributed by atoms with Gasteiger partial charge in [-0.3, -0.25) is 5.32 Å². The van der Waals surface area contributed by atoms with Crippen molar-refractivity contribution >= 4 is 22.5 Å². The second-order valence-electron chi connectivity index (χ2n) is 5.47. The zero-order chi connectivity index (χ0) is 16.8. The summed E-state index contributed by atoms with van der Waals surface area (Å²) in [5.74, 6) is -0.0507. The lowest BCUT2D eigenvalue weighted by atomic mass is 10.1. The van der Waals surface area contributed by atoms with Crippen LogP contribution in [0.25, 0.3) is 0 Å². The molecule has 6 nitrogen and oxygen atoms in total. The van der Waals surface area contributed by atoms with E-state index in [1.54, 1.807) is 6.07 Å². The van der Waals surface area contributed by atoms with Gasteiger partial charge < -0.3 is 10.4 Å². The first-order valence-electron chi connectivity index (χ1n) is 7.25. The SMILES string of the molecule is CC(C)Cc1nnc(NC(=O)NCC(O)c2ccccc2F)s1. The van der Waals surface area contributed by atoms with Gasteiger partial charge in [0, 0.05) is 18.5 Å². The Hall–Kier alpha value is -2.06. The average molecular weight is 338 g/mol. The third-order valence-electron chi connectivity index (χ3n) is 2.99. The first kappa shape index (κ1) is 17.3. The Morgan fingerprint density at radius 3 is 2.78 bits per heavy atom. The molecule has 8 heteroatoms. The van der Waals surface area contributed by atoms with Crippen molar-refractivity contribution < 1.29 is 14.3 Å². The molecule has 2 amide bonds. The molecule has 0 saturated carbocycles. The second kappa shape index (κ2) is 7.98. The summed E-state index contributed by atoms with van der Waals surface area (Å²) < 4.78 is 13.5. The highest BCUT2D eigenvalue weighted by atomic mass is 32.1.